The number of amides is 1. The highest BCUT2D eigenvalue weighted by Crippen LogP contribution is 2.27. The van der Waals surface area contributed by atoms with E-state index in [4.69, 9.17) is 11.6 Å². The molecule has 1 fully saturated rings. The van der Waals surface area contributed by atoms with Crippen molar-refractivity contribution in [1.82, 2.24) is 10.2 Å². The first-order chi connectivity index (χ1) is 12.6. The van der Waals surface area contributed by atoms with Crippen LogP contribution in [0.25, 0.3) is 0 Å². The van der Waals surface area contributed by atoms with Crippen LogP contribution in [0.5, 0.6) is 0 Å². The number of Topliss-reactive ketones (excluding diaryl/α,β-unsaturated/α-hetero) is 1. The number of hydrogen-bond acceptors (Lipinski definition) is 4. The lowest BCUT2D eigenvalue weighted by molar-refractivity contribution is -0.121. The topological polar surface area (TPSA) is 49.4 Å². The zero-order chi connectivity index (χ0) is 18.4. The molecule has 4 nitrogen and oxygen atoms in total. The Morgan fingerprint density at radius 1 is 1.12 bits per heavy atom. The summed E-state index contributed by atoms with van der Waals surface area (Å²) in [6.07, 6.45) is 2.84. The lowest BCUT2D eigenvalue weighted by Crippen LogP contribution is -2.36. The molecule has 0 radical (unpaired) electrons. The second-order valence-electron chi connectivity index (χ2n) is 6.51. The predicted molar refractivity (Wildman–Crippen MR) is 106 cm³/mol. The molecule has 26 heavy (non-hydrogen) atoms. The van der Waals surface area contributed by atoms with Gasteiger partial charge in [-0.05, 0) is 61.6 Å². The van der Waals surface area contributed by atoms with Crippen LogP contribution in [0.2, 0.25) is 5.02 Å². The van der Waals surface area contributed by atoms with Gasteiger partial charge in [0.25, 0.3) is 0 Å². The van der Waals surface area contributed by atoms with Crippen molar-refractivity contribution in [3.8, 4) is 0 Å². The number of nitrogens with one attached hydrogen (secondary N) is 1. The summed E-state index contributed by atoms with van der Waals surface area (Å²) in [4.78, 5) is 28.1. The second-order valence-corrected chi connectivity index (χ2v) is 7.92. The van der Waals surface area contributed by atoms with Crippen molar-refractivity contribution >= 4 is 34.6 Å². The molecule has 1 unspecified atom stereocenters. The van der Waals surface area contributed by atoms with Gasteiger partial charge in [-0.3, -0.25) is 14.5 Å². The molecule has 1 N–H and O–H groups in total. The Morgan fingerprint density at radius 2 is 1.85 bits per heavy atom. The van der Waals surface area contributed by atoms with Gasteiger partial charge in [0.1, 0.15) is 0 Å². The van der Waals surface area contributed by atoms with Crippen LogP contribution in [0.4, 0.5) is 0 Å². The van der Waals surface area contributed by atoms with Crippen molar-refractivity contribution in [2.24, 2.45) is 0 Å². The number of halogens is 1. The number of likely N-dealkylation sites (tertiary alicyclic amines) is 1. The monoisotopic (exact) mass is 390 g/mol. The quantitative estimate of drug-likeness (QED) is 0.683. The van der Waals surface area contributed by atoms with Crippen LogP contribution in [0.15, 0.2) is 41.8 Å². The number of thiophene rings is 1. The molecule has 6 heteroatoms. The minimum Gasteiger partial charge on any atom is -0.354 e. The van der Waals surface area contributed by atoms with Crippen molar-refractivity contribution in [3.63, 3.8) is 0 Å². The summed E-state index contributed by atoms with van der Waals surface area (Å²) in [5.74, 6) is -0.112. The summed E-state index contributed by atoms with van der Waals surface area (Å²) in [5.41, 5.74) is 0.593. The van der Waals surface area contributed by atoms with Gasteiger partial charge < -0.3 is 5.32 Å². The molecule has 138 valence electrons. The molecule has 1 amide bonds. The van der Waals surface area contributed by atoms with E-state index in [0.29, 0.717) is 17.1 Å². The van der Waals surface area contributed by atoms with Crippen molar-refractivity contribution in [2.45, 2.75) is 31.7 Å². The van der Waals surface area contributed by atoms with Gasteiger partial charge in [-0.1, -0.05) is 17.7 Å². The number of ketones is 1. The van der Waals surface area contributed by atoms with Crippen LogP contribution in [0.1, 0.15) is 47.0 Å². The SMILES string of the molecule is O=C(CCC(=O)c1ccc(Cl)cc1)NCC(c1cccs1)N1CCCC1. The Bertz CT molecular complexity index is 725. The summed E-state index contributed by atoms with van der Waals surface area (Å²) < 4.78 is 0. The first-order valence-corrected chi connectivity index (χ1v) is 10.2. The average Bonchev–Trinajstić information content (AvgIpc) is 3.35. The highest BCUT2D eigenvalue weighted by molar-refractivity contribution is 7.10. The third-order valence-corrected chi connectivity index (χ3v) is 5.92. The van der Waals surface area contributed by atoms with E-state index in [2.05, 4.69) is 27.7 Å². The highest BCUT2D eigenvalue weighted by atomic mass is 35.5. The van der Waals surface area contributed by atoms with E-state index in [9.17, 15) is 9.59 Å². The van der Waals surface area contributed by atoms with E-state index in [-0.39, 0.29) is 30.6 Å². The fourth-order valence-corrected chi connectivity index (χ4v) is 4.24. The summed E-state index contributed by atoms with van der Waals surface area (Å²) in [5, 5.41) is 5.69. The van der Waals surface area contributed by atoms with Crippen LogP contribution in [-0.2, 0) is 4.79 Å². The van der Waals surface area contributed by atoms with Gasteiger partial charge in [-0.25, -0.2) is 0 Å². The van der Waals surface area contributed by atoms with E-state index in [1.54, 1.807) is 35.6 Å². The van der Waals surface area contributed by atoms with Gasteiger partial charge in [0.2, 0.25) is 5.91 Å². The van der Waals surface area contributed by atoms with Crippen molar-refractivity contribution in [1.29, 1.82) is 0 Å². The lowest BCUT2D eigenvalue weighted by Gasteiger charge is -2.26. The van der Waals surface area contributed by atoms with E-state index in [1.807, 2.05) is 0 Å². The van der Waals surface area contributed by atoms with Gasteiger partial charge >= 0.3 is 0 Å². The van der Waals surface area contributed by atoms with E-state index in [0.717, 1.165) is 13.1 Å². The third-order valence-electron chi connectivity index (χ3n) is 4.69. The van der Waals surface area contributed by atoms with Crippen LogP contribution < -0.4 is 5.32 Å². The smallest absolute Gasteiger partial charge is 0.220 e. The fraction of sp³-hybridized carbons (Fsp3) is 0.400. The molecule has 0 bridgehead atoms. The molecule has 1 aliphatic rings. The molecule has 0 saturated carbocycles. The molecule has 1 saturated heterocycles. The minimum absolute atomic E-state index is 0.0360. The molecule has 3 rings (SSSR count). The predicted octanol–water partition coefficient (Wildman–Crippen LogP) is 4.32. The first kappa shape index (κ1) is 19.1. The Balaban J connectivity index is 1.49. The Hall–Kier alpha value is -1.69. The lowest BCUT2D eigenvalue weighted by atomic mass is 10.1. The summed E-state index contributed by atoms with van der Waals surface area (Å²) in [7, 11) is 0. The van der Waals surface area contributed by atoms with Crippen molar-refractivity contribution in [2.75, 3.05) is 19.6 Å². The molecular formula is C20H23ClN2O2S. The van der Waals surface area contributed by atoms with Gasteiger partial charge in [-0.15, -0.1) is 11.3 Å². The molecule has 1 aromatic carbocycles. The maximum absolute atomic E-state index is 12.2. The Kier molecular flexibility index (Phi) is 6.83. The second kappa shape index (κ2) is 9.31. The number of rotatable bonds is 8. The maximum Gasteiger partial charge on any atom is 0.220 e. The van der Waals surface area contributed by atoms with E-state index in [1.165, 1.54) is 17.7 Å². The molecule has 0 spiro atoms. The van der Waals surface area contributed by atoms with Crippen LogP contribution in [0.3, 0.4) is 0 Å². The number of nitrogens with zero attached hydrogens (tertiary/aromatic N) is 1. The van der Waals surface area contributed by atoms with Gasteiger partial charge in [-0.2, -0.15) is 0 Å². The molecule has 0 aliphatic carbocycles. The van der Waals surface area contributed by atoms with Crippen LogP contribution in [0, 0.1) is 0 Å². The van der Waals surface area contributed by atoms with Crippen LogP contribution in [-0.4, -0.2) is 36.2 Å². The van der Waals surface area contributed by atoms with E-state index >= 15 is 0 Å². The first-order valence-electron chi connectivity index (χ1n) is 8.96. The van der Waals surface area contributed by atoms with E-state index < -0.39 is 0 Å². The van der Waals surface area contributed by atoms with Crippen molar-refractivity contribution < 1.29 is 9.59 Å². The third kappa shape index (κ3) is 5.16. The van der Waals surface area contributed by atoms with Gasteiger partial charge in [0, 0.05) is 34.8 Å². The molecule has 2 aromatic rings. The number of carbonyl (C=O) groups excluding carboxylic acids is 2. The Morgan fingerprint density at radius 3 is 2.50 bits per heavy atom. The minimum atomic E-state index is -0.0759. The number of benzene rings is 1. The molecule has 1 atom stereocenters. The molecule has 2 heterocycles. The summed E-state index contributed by atoms with van der Waals surface area (Å²) >= 11 is 7.56. The summed E-state index contributed by atoms with van der Waals surface area (Å²) in [6.45, 7) is 2.75. The molecule has 1 aromatic heterocycles. The summed E-state index contributed by atoms with van der Waals surface area (Å²) in [6, 6.07) is 11.2. The maximum atomic E-state index is 12.2. The molecular weight excluding hydrogens is 368 g/mol. The largest absolute Gasteiger partial charge is 0.354 e. The zero-order valence-corrected chi connectivity index (χ0v) is 16.2. The zero-order valence-electron chi connectivity index (χ0n) is 14.6. The normalized spacial score (nSPS) is 15.7. The van der Waals surface area contributed by atoms with Gasteiger partial charge in [0.05, 0.1) is 6.04 Å². The van der Waals surface area contributed by atoms with Crippen LogP contribution >= 0.6 is 22.9 Å². The fourth-order valence-electron chi connectivity index (χ4n) is 3.25. The highest BCUT2D eigenvalue weighted by Gasteiger charge is 2.24. The average molecular weight is 391 g/mol. The molecule has 1 aliphatic heterocycles. The van der Waals surface area contributed by atoms with Gasteiger partial charge in [0.15, 0.2) is 5.78 Å². The Labute approximate surface area is 163 Å². The number of carbonyl (C=O) groups is 2. The van der Waals surface area contributed by atoms with Crippen molar-refractivity contribution in [3.05, 3.63) is 57.2 Å². The standard InChI is InChI=1S/C20H23ClN2O2S/c21-16-7-5-15(6-8-16)18(24)9-10-20(25)22-14-17(19-4-3-13-26-19)23-11-1-2-12-23/h3-8,13,17H,1-2,9-12,14H2,(H,22,25). The number of hydrogen-bond donors (Lipinski definition) is 1.